The van der Waals surface area contributed by atoms with E-state index in [0.29, 0.717) is 12.8 Å². The molecule has 6 heteroatoms. The van der Waals surface area contributed by atoms with Crippen LogP contribution in [0.3, 0.4) is 0 Å². The van der Waals surface area contributed by atoms with Gasteiger partial charge in [0, 0.05) is 0 Å². The smallest absolute Gasteiger partial charge is 0.441 e. The molecule has 1 heterocycles. The van der Waals surface area contributed by atoms with Gasteiger partial charge in [-0.2, -0.15) is 4.79 Å². The first-order valence-electron chi connectivity index (χ1n) is 8.35. The van der Waals surface area contributed by atoms with Crippen LogP contribution in [0.4, 0.5) is 0 Å². The Balaban J connectivity index is 1.79. The van der Waals surface area contributed by atoms with Gasteiger partial charge in [0.25, 0.3) is 5.78 Å². The van der Waals surface area contributed by atoms with Crippen LogP contribution in [-0.2, 0) is 20.7 Å². The number of ketones is 1. The number of hydrogen-bond donors (Lipinski definition) is 1. The predicted molar refractivity (Wildman–Crippen MR) is 85.4 cm³/mol. The van der Waals surface area contributed by atoms with Crippen molar-refractivity contribution in [2.24, 2.45) is 11.8 Å². The van der Waals surface area contributed by atoms with Crippen LogP contribution >= 0.6 is 0 Å². The average Bonchev–Trinajstić information content (AvgIpc) is 3.07. The number of aryl methyl sites for hydroxylation is 1. The molecule has 0 bridgehead atoms. The number of benzene rings is 1. The number of hydrogen-bond acceptors (Lipinski definition) is 4. The fraction of sp³-hybridized carbons (Fsp3) is 0.500. The van der Waals surface area contributed by atoms with E-state index in [1.54, 1.807) is 18.2 Å². The highest BCUT2D eigenvalue weighted by atomic mass is 16.5. The maximum absolute atomic E-state index is 12.6. The van der Waals surface area contributed by atoms with Gasteiger partial charge < -0.3 is 15.4 Å². The molecule has 2 fully saturated rings. The molecule has 1 saturated heterocycles. The molecule has 1 saturated carbocycles. The molecule has 1 aromatic carbocycles. The van der Waals surface area contributed by atoms with Crippen molar-refractivity contribution in [2.45, 2.75) is 44.6 Å². The second-order valence-electron chi connectivity index (χ2n) is 6.54. The van der Waals surface area contributed by atoms with Crippen molar-refractivity contribution in [3.63, 3.8) is 0 Å². The number of esters is 1. The normalized spacial score (nSPS) is 24.8. The molecule has 6 nitrogen and oxygen atoms in total. The van der Waals surface area contributed by atoms with E-state index >= 15 is 0 Å². The minimum absolute atomic E-state index is 0.163. The zero-order valence-corrected chi connectivity index (χ0v) is 13.4. The first-order chi connectivity index (χ1) is 11.6. The molecular formula is C18H20N2O4. The first kappa shape index (κ1) is 16.4. The van der Waals surface area contributed by atoms with Gasteiger partial charge in [-0.05, 0) is 49.3 Å². The lowest BCUT2D eigenvalue weighted by Crippen LogP contribution is -2.49. The molecule has 2 atom stereocenters. The van der Waals surface area contributed by atoms with E-state index in [2.05, 4.69) is 4.79 Å². The van der Waals surface area contributed by atoms with Gasteiger partial charge in [-0.3, -0.25) is 4.79 Å². The highest BCUT2D eigenvalue weighted by molar-refractivity contribution is 6.63. The Morgan fingerprint density at radius 2 is 2.00 bits per heavy atom. The van der Waals surface area contributed by atoms with Gasteiger partial charge >= 0.3 is 11.7 Å². The summed E-state index contributed by atoms with van der Waals surface area (Å²) in [5.74, 6) is -1.34. The maximum Gasteiger partial charge on any atom is 0.441 e. The van der Waals surface area contributed by atoms with Crippen molar-refractivity contribution in [3.05, 3.63) is 35.4 Å². The zero-order valence-electron chi connectivity index (χ0n) is 13.4. The number of rotatable bonds is 4. The molecule has 1 aliphatic heterocycles. The van der Waals surface area contributed by atoms with Crippen LogP contribution in [-0.4, -0.2) is 33.5 Å². The molecule has 0 aromatic heterocycles. The summed E-state index contributed by atoms with van der Waals surface area (Å²) in [6.45, 7) is 0. The third kappa shape index (κ3) is 3.24. The summed E-state index contributed by atoms with van der Waals surface area (Å²) in [5.41, 5.74) is 9.39. The van der Waals surface area contributed by atoms with Crippen molar-refractivity contribution in [3.8, 4) is 5.75 Å². The van der Waals surface area contributed by atoms with Gasteiger partial charge in [0.2, 0.25) is 0 Å². The van der Waals surface area contributed by atoms with Gasteiger partial charge in [0.15, 0.2) is 0 Å². The van der Waals surface area contributed by atoms with Crippen molar-refractivity contribution >= 4 is 17.5 Å². The first-order valence-corrected chi connectivity index (χ1v) is 8.35. The van der Waals surface area contributed by atoms with Crippen LogP contribution in [0.25, 0.3) is 5.53 Å². The maximum atomic E-state index is 12.6. The number of carbonyl (C=O) groups excluding carboxylic acids is 2. The van der Waals surface area contributed by atoms with Gasteiger partial charge in [-0.1, -0.05) is 25.0 Å². The largest absolute Gasteiger partial charge is 0.508 e. The van der Waals surface area contributed by atoms with Crippen LogP contribution in [0.5, 0.6) is 5.75 Å². The Kier molecular flexibility index (Phi) is 4.76. The molecule has 3 rings (SSSR count). The molecular weight excluding hydrogens is 308 g/mol. The van der Waals surface area contributed by atoms with E-state index in [1.807, 2.05) is 6.07 Å². The zero-order chi connectivity index (χ0) is 17.1. The van der Waals surface area contributed by atoms with Gasteiger partial charge in [0.05, 0.1) is 5.92 Å². The Morgan fingerprint density at radius 3 is 2.67 bits per heavy atom. The Hall–Kier alpha value is -2.46. The minimum Gasteiger partial charge on any atom is -0.508 e. The van der Waals surface area contributed by atoms with Crippen molar-refractivity contribution in [1.29, 1.82) is 0 Å². The summed E-state index contributed by atoms with van der Waals surface area (Å²) < 4.78 is 5.42. The quantitative estimate of drug-likeness (QED) is 0.520. The van der Waals surface area contributed by atoms with Crippen LogP contribution in [0.1, 0.15) is 37.7 Å². The number of phenols is 1. The lowest BCUT2D eigenvalue weighted by molar-refractivity contribution is -0.160. The van der Waals surface area contributed by atoms with Crippen LogP contribution in [0, 0.1) is 11.8 Å². The Morgan fingerprint density at radius 1 is 1.25 bits per heavy atom. The van der Waals surface area contributed by atoms with E-state index in [4.69, 9.17) is 10.3 Å². The number of nitrogens with zero attached hydrogens (tertiary/aromatic N) is 2. The molecule has 0 amide bonds. The topological polar surface area (TPSA) is 100 Å². The van der Waals surface area contributed by atoms with Crippen molar-refractivity contribution in [1.82, 2.24) is 0 Å². The molecule has 2 unspecified atom stereocenters. The lowest BCUT2D eigenvalue weighted by atomic mass is 9.78. The molecule has 0 spiro atoms. The third-order valence-electron chi connectivity index (χ3n) is 5.02. The molecule has 2 aliphatic rings. The summed E-state index contributed by atoms with van der Waals surface area (Å²) in [6.07, 6.45) is 4.56. The number of aromatic hydroxyl groups is 1. The summed E-state index contributed by atoms with van der Waals surface area (Å²) in [4.78, 5) is 27.4. The molecule has 0 radical (unpaired) electrons. The van der Waals surface area contributed by atoms with E-state index < -0.39 is 29.5 Å². The molecule has 1 aliphatic carbocycles. The summed E-state index contributed by atoms with van der Waals surface area (Å²) in [6, 6.07) is 6.90. The van der Waals surface area contributed by atoms with Crippen LogP contribution < -0.4 is 0 Å². The fourth-order valence-electron chi connectivity index (χ4n) is 3.88. The Bertz CT molecular complexity index is 703. The van der Waals surface area contributed by atoms with Crippen LogP contribution in [0.2, 0.25) is 0 Å². The number of phenolic OH excluding ortho intramolecular Hbond substituents is 1. The van der Waals surface area contributed by atoms with Crippen molar-refractivity contribution < 1.29 is 24.2 Å². The molecule has 24 heavy (non-hydrogen) atoms. The van der Waals surface area contributed by atoms with E-state index in [0.717, 1.165) is 31.2 Å². The molecule has 126 valence electrons. The van der Waals surface area contributed by atoms with Gasteiger partial charge in [-0.15, -0.1) is 0 Å². The van der Waals surface area contributed by atoms with Crippen molar-refractivity contribution in [2.75, 3.05) is 0 Å². The summed E-state index contributed by atoms with van der Waals surface area (Å²) >= 11 is 0. The molecule has 1 N–H and O–H groups in total. The second-order valence-corrected chi connectivity index (χ2v) is 6.54. The average molecular weight is 328 g/mol. The van der Waals surface area contributed by atoms with Crippen LogP contribution in [0.15, 0.2) is 24.3 Å². The minimum atomic E-state index is -0.849. The second kappa shape index (κ2) is 6.97. The predicted octanol–water partition coefficient (Wildman–Crippen LogP) is 2.30. The van der Waals surface area contributed by atoms with E-state index in [9.17, 15) is 14.7 Å². The lowest BCUT2D eigenvalue weighted by Gasteiger charge is -2.31. The monoisotopic (exact) mass is 328 g/mol. The highest BCUT2D eigenvalue weighted by Crippen LogP contribution is 2.37. The SMILES string of the molecule is [N-]=[N+]=C1C(=O)OC(CCc2cccc(O)c2)C(C2CCCC2)C1=O. The van der Waals surface area contributed by atoms with Gasteiger partial charge in [0.1, 0.15) is 11.9 Å². The van der Waals surface area contributed by atoms with E-state index in [1.165, 1.54) is 0 Å². The number of ether oxygens (including phenoxy) is 1. The fourth-order valence-corrected chi connectivity index (χ4v) is 3.88. The standard InChI is InChI=1S/C18H20N2O4/c19-20-16-17(22)15(12-5-1-2-6-12)14(24-18(16)23)9-8-11-4-3-7-13(21)10-11/h3-4,7,10,12,14-15,21H,1-2,5-6,8-9H2. The van der Waals surface area contributed by atoms with E-state index in [-0.39, 0.29) is 11.7 Å². The van der Waals surface area contributed by atoms with Gasteiger partial charge in [-0.25, -0.2) is 4.79 Å². The Labute approximate surface area is 140 Å². The number of cyclic esters (lactones) is 1. The highest BCUT2D eigenvalue weighted by Gasteiger charge is 2.51. The number of Topliss-reactive ketones (excluding diaryl/α,β-unsaturated/α-hetero) is 1. The summed E-state index contributed by atoms with van der Waals surface area (Å²) in [7, 11) is 0. The molecule has 1 aromatic rings. The number of carbonyl (C=O) groups is 2. The third-order valence-corrected chi connectivity index (χ3v) is 5.02. The summed E-state index contributed by atoms with van der Waals surface area (Å²) in [5, 5.41) is 9.54.